The van der Waals surface area contributed by atoms with Crippen LogP contribution in [-0.4, -0.2) is 30.8 Å². The van der Waals surface area contributed by atoms with Crippen LogP contribution in [0.15, 0.2) is 65.8 Å². The number of carbonyl (C=O) groups is 1. The minimum atomic E-state index is -3.89. The molecule has 0 bridgehead atoms. The summed E-state index contributed by atoms with van der Waals surface area (Å²) in [5.41, 5.74) is 5.13. The summed E-state index contributed by atoms with van der Waals surface area (Å²) >= 11 is 0. The number of pyridine rings is 1. The van der Waals surface area contributed by atoms with Crippen LogP contribution in [0.4, 0.5) is 11.4 Å². The third-order valence-electron chi connectivity index (χ3n) is 5.64. The molecule has 3 heterocycles. The molecule has 2 N–H and O–H groups in total. The van der Waals surface area contributed by atoms with E-state index in [0.29, 0.717) is 35.7 Å². The molecule has 0 spiro atoms. The van der Waals surface area contributed by atoms with Crippen molar-refractivity contribution < 1.29 is 17.9 Å². The van der Waals surface area contributed by atoms with Crippen molar-refractivity contribution in [3.05, 3.63) is 72.1 Å². The maximum Gasteiger partial charge on any atom is 0.262 e. The smallest absolute Gasteiger partial charge is 0.262 e. The molecule has 2 aromatic carbocycles. The number of sulfonamides is 1. The highest BCUT2D eigenvalue weighted by atomic mass is 32.2. The predicted octanol–water partition coefficient (Wildman–Crippen LogP) is 4.00. The lowest BCUT2D eigenvalue weighted by molar-refractivity contribution is -0.116. The van der Waals surface area contributed by atoms with E-state index < -0.39 is 10.0 Å². The average Bonchev–Trinajstić information content (AvgIpc) is 3.21. The minimum Gasteiger partial charge on any atom is -0.495 e. The van der Waals surface area contributed by atoms with Crippen LogP contribution in [0.3, 0.4) is 0 Å². The lowest BCUT2D eigenvalue weighted by atomic mass is 10.0. The molecule has 0 atom stereocenters. The molecular formula is C24H22N4O4S. The summed E-state index contributed by atoms with van der Waals surface area (Å²) in [6.07, 6.45) is 4.66. The second-order valence-corrected chi connectivity index (χ2v) is 9.67. The van der Waals surface area contributed by atoms with E-state index in [1.165, 1.54) is 13.2 Å². The molecular weight excluding hydrogens is 440 g/mol. The van der Waals surface area contributed by atoms with Gasteiger partial charge in [-0.3, -0.25) is 9.52 Å². The van der Waals surface area contributed by atoms with Crippen LogP contribution in [0.25, 0.3) is 16.9 Å². The summed E-state index contributed by atoms with van der Waals surface area (Å²) in [6.45, 7) is 2.00. The maximum absolute atomic E-state index is 13.2. The van der Waals surface area contributed by atoms with Crippen molar-refractivity contribution in [2.24, 2.45) is 0 Å². The van der Waals surface area contributed by atoms with E-state index in [-0.39, 0.29) is 10.8 Å². The van der Waals surface area contributed by atoms with Gasteiger partial charge in [0.2, 0.25) is 5.91 Å². The molecule has 1 aliphatic rings. The Morgan fingerprint density at radius 1 is 1.09 bits per heavy atom. The van der Waals surface area contributed by atoms with Crippen LogP contribution < -0.4 is 14.8 Å². The van der Waals surface area contributed by atoms with Crippen molar-refractivity contribution in [2.45, 2.75) is 24.7 Å². The molecule has 4 aromatic rings. The van der Waals surface area contributed by atoms with Gasteiger partial charge in [-0.15, -0.1) is 0 Å². The summed E-state index contributed by atoms with van der Waals surface area (Å²) in [5.74, 6) is 0.326. The quantitative estimate of drug-likeness (QED) is 0.467. The summed E-state index contributed by atoms with van der Waals surface area (Å²) in [7, 11) is -2.40. The molecule has 1 aliphatic heterocycles. The Balaban J connectivity index is 1.50. The molecule has 5 rings (SSSR count). The zero-order chi connectivity index (χ0) is 23.2. The van der Waals surface area contributed by atoms with Crippen LogP contribution in [0.5, 0.6) is 5.75 Å². The fourth-order valence-electron chi connectivity index (χ4n) is 3.90. The summed E-state index contributed by atoms with van der Waals surface area (Å²) < 4.78 is 36.3. The number of hydrogen-bond acceptors (Lipinski definition) is 5. The van der Waals surface area contributed by atoms with Gasteiger partial charge in [-0.25, -0.2) is 13.4 Å². The first kappa shape index (κ1) is 21.0. The van der Waals surface area contributed by atoms with Crippen LogP contribution in [0.1, 0.15) is 17.5 Å². The average molecular weight is 463 g/mol. The molecule has 33 heavy (non-hydrogen) atoms. The SMILES string of the molecule is COc1ccc(-c2cn3ccc(C)cc3n2)cc1NS(=O)(=O)c1ccc2c(c1)CCC(=O)N2. The number of benzene rings is 2. The summed E-state index contributed by atoms with van der Waals surface area (Å²) in [4.78, 5) is 16.4. The fourth-order valence-corrected chi connectivity index (χ4v) is 5.01. The lowest BCUT2D eigenvalue weighted by Crippen LogP contribution is -2.20. The lowest BCUT2D eigenvalue weighted by Gasteiger charge is -2.18. The molecule has 0 saturated heterocycles. The third-order valence-corrected chi connectivity index (χ3v) is 7.00. The minimum absolute atomic E-state index is 0.0695. The second kappa shape index (κ2) is 7.93. The van der Waals surface area contributed by atoms with Crippen molar-refractivity contribution in [2.75, 3.05) is 17.1 Å². The molecule has 0 unspecified atom stereocenters. The van der Waals surface area contributed by atoms with Crippen LogP contribution in [-0.2, 0) is 21.2 Å². The largest absolute Gasteiger partial charge is 0.495 e. The number of aryl methyl sites for hydroxylation is 2. The first-order chi connectivity index (χ1) is 15.8. The fraction of sp³-hybridized carbons (Fsp3) is 0.167. The van der Waals surface area contributed by atoms with Crippen LogP contribution in [0.2, 0.25) is 0 Å². The van der Waals surface area contributed by atoms with Crippen molar-refractivity contribution in [1.29, 1.82) is 0 Å². The van der Waals surface area contributed by atoms with Crippen molar-refractivity contribution in [3.63, 3.8) is 0 Å². The van der Waals surface area contributed by atoms with Crippen LogP contribution >= 0.6 is 0 Å². The number of nitrogens with zero attached hydrogens (tertiary/aromatic N) is 2. The zero-order valence-corrected chi connectivity index (χ0v) is 18.9. The number of aromatic nitrogens is 2. The van der Waals surface area contributed by atoms with Crippen molar-refractivity contribution in [3.8, 4) is 17.0 Å². The second-order valence-electron chi connectivity index (χ2n) is 7.98. The van der Waals surface area contributed by atoms with Gasteiger partial charge in [0.15, 0.2) is 0 Å². The Bertz CT molecular complexity index is 1510. The van der Waals surface area contributed by atoms with E-state index in [9.17, 15) is 13.2 Å². The highest BCUT2D eigenvalue weighted by Gasteiger charge is 2.21. The first-order valence-corrected chi connectivity index (χ1v) is 11.9. The van der Waals surface area contributed by atoms with Gasteiger partial charge in [0.25, 0.3) is 10.0 Å². The van der Waals surface area contributed by atoms with E-state index in [0.717, 1.165) is 22.3 Å². The molecule has 0 aliphatic carbocycles. The number of rotatable bonds is 5. The van der Waals surface area contributed by atoms with E-state index in [1.807, 2.05) is 41.9 Å². The standard InChI is InChI=1S/C24H22N4O4S/c1-15-9-10-28-14-21(25-23(28)11-15)17-3-7-22(32-2)20(13-17)27-33(30,31)18-5-6-19-16(12-18)4-8-24(29)26-19/h3,5-7,9-14,27H,4,8H2,1-2H3,(H,26,29). The monoisotopic (exact) mass is 462 g/mol. The van der Waals surface area contributed by atoms with E-state index in [1.54, 1.807) is 24.3 Å². The van der Waals surface area contributed by atoms with Gasteiger partial charge in [-0.1, -0.05) is 0 Å². The van der Waals surface area contributed by atoms with Gasteiger partial charge in [-0.2, -0.15) is 0 Å². The molecule has 1 amide bonds. The van der Waals surface area contributed by atoms with Gasteiger partial charge in [0.1, 0.15) is 11.4 Å². The molecule has 0 fully saturated rings. The van der Waals surface area contributed by atoms with Gasteiger partial charge in [-0.05, 0) is 73.0 Å². The van der Waals surface area contributed by atoms with Crippen LogP contribution in [0, 0.1) is 6.92 Å². The predicted molar refractivity (Wildman–Crippen MR) is 126 cm³/mol. The molecule has 8 nitrogen and oxygen atoms in total. The molecule has 0 saturated carbocycles. The number of ether oxygens (including phenoxy) is 1. The highest BCUT2D eigenvalue weighted by Crippen LogP contribution is 2.33. The normalized spacial score (nSPS) is 13.5. The molecule has 0 radical (unpaired) electrons. The number of amides is 1. The molecule has 9 heteroatoms. The highest BCUT2D eigenvalue weighted by molar-refractivity contribution is 7.92. The Hall–Kier alpha value is -3.85. The number of hydrogen-bond donors (Lipinski definition) is 2. The number of imidazole rings is 1. The van der Waals surface area contributed by atoms with E-state index in [2.05, 4.69) is 15.0 Å². The summed E-state index contributed by atoms with van der Waals surface area (Å²) in [6, 6.07) is 13.9. The first-order valence-electron chi connectivity index (χ1n) is 10.4. The maximum atomic E-state index is 13.2. The van der Waals surface area contributed by atoms with Gasteiger partial charge >= 0.3 is 0 Å². The van der Waals surface area contributed by atoms with Gasteiger partial charge in [0.05, 0.1) is 23.4 Å². The molecule has 2 aromatic heterocycles. The number of fused-ring (bicyclic) bond motifs is 2. The number of nitrogens with one attached hydrogen (secondary N) is 2. The summed E-state index contributed by atoms with van der Waals surface area (Å²) in [5, 5.41) is 2.76. The Morgan fingerprint density at radius 3 is 2.76 bits per heavy atom. The topological polar surface area (TPSA) is 102 Å². The van der Waals surface area contributed by atoms with Gasteiger partial charge in [0, 0.05) is 30.1 Å². The molecule has 168 valence electrons. The van der Waals surface area contributed by atoms with Crippen molar-refractivity contribution in [1.82, 2.24) is 9.38 Å². The van der Waals surface area contributed by atoms with E-state index >= 15 is 0 Å². The van der Waals surface area contributed by atoms with E-state index in [4.69, 9.17) is 4.74 Å². The third kappa shape index (κ3) is 4.03. The number of methoxy groups -OCH3 is 1. The van der Waals surface area contributed by atoms with Crippen molar-refractivity contribution >= 4 is 33.0 Å². The zero-order valence-electron chi connectivity index (χ0n) is 18.1. The Kier molecular flexibility index (Phi) is 5.05. The Morgan fingerprint density at radius 2 is 1.94 bits per heavy atom. The number of anilines is 2. The van der Waals surface area contributed by atoms with Gasteiger partial charge < -0.3 is 14.5 Å². The number of carbonyl (C=O) groups excluding carboxylic acids is 1. The Labute approximate surface area is 191 Å².